The van der Waals surface area contributed by atoms with Crippen molar-refractivity contribution in [3.05, 3.63) is 162 Å². The Labute approximate surface area is 279 Å². The smallest absolute Gasteiger partial charge is 0.159 e. The molecule has 0 fully saturated rings. The molecule has 5 aromatic carbocycles. The van der Waals surface area contributed by atoms with Crippen LogP contribution in [0.1, 0.15) is 35.1 Å². The molecule has 0 N–H and O–H groups in total. The van der Waals surface area contributed by atoms with Crippen LogP contribution < -0.4 is 0 Å². The van der Waals surface area contributed by atoms with Gasteiger partial charge in [-0.15, -0.1) is 0 Å². The molecule has 2 aromatic heterocycles. The van der Waals surface area contributed by atoms with Crippen LogP contribution in [0, 0.1) is 0 Å². The van der Waals surface area contributed by atoms with Gasteiger partial charge in [-0.2, -0.15) is 0 Å². The molecule has 0 unspecified atom stereocenters. The van der Waals surface area contributed by atoms with Crippen LogP contribution in [0.4, 0.5) is 0 Å². The summed E-state index contributed by atoms with van der Waals surface area (Å²) in [6.07, 6.45) is 16.5. The van der Waals surface area contributed by atoms with Gasteiger partial charge in [0.15, 0.2) is 11.6 Å². The Bertz CT molecular complexity index is 2490. The Morgan fingerprint density at radius 3 is 1.94 bits per heavy atom. The van der Waals surface area contributed by atoms with Crippen LogP contribution in [0.3, 0.4) is 0 Å². The average Bonchev–Trinajstić information content (AvgIpc) is 3.73. The summed E-state index contributed by atoms with van der Waals surface area (Å²) in [7, 11) is 0. The third-order valence-electron chi connectivity index (χ3n) is 10.3. The maximum absolute atomic E-state index is 4.89. The maximum atomic E-state index is 4.89. The third-order valence-corrected chi connectivity index (χ3v) is 10.3. The first-order chi connectivity index (χ1) is 23.8. The van der Waals surface area contributed by atoms with Gasteiger partial charge in [-0.25, -0.2) is 19.9 Å². The van der Waals surface area contributed by atoms with Crippen molar-refractivity contribution in [2.75, 3.05) is 0 Å². The predicted octanol–water partition coefficient (Wildman–Crippen LogP) is 10.3. The molecule has 0 radical (unpaired) electrons. The zero-order valence-electron chi connectivity index (χ0n) is 26.3. The van der Waals surface area contributed by atoms with Gasteiger partial charge in [-0.05, 0) is 98.2 Å². The topological polar surface area (TPSA) is 51.6 Å². The first kappa shape index (κ1) is 27.1. The van der Waals surface area contributed by atoms with E-state index in [0.717, 1.165) is 76.1 Å². The van der Waals surface area contributed by atoms with E-state index in [1.165, 1.54) is 49.9 Å². The van der Waals surface area contributed by atoms with Gasteiger partial charge in [-0.3, -0.25) is 0 Å². The quantitative estimate of drug-likeness (QED) is 0.198. The lowest BCUT2D eigenvalue weighted by Crippen LogP contribution is -1.96. The minimum absolute atomic E-state index is 0.767. The van der Waals surface area contributed by atoms with Gasteiger partial charge in [0.1, 0.15) is 0 Å². The highest BCUT2D eigenvalue weighted by Crippen LogP contribution is 2.43. The summed E-state index contributed by atoms with van der Waals surface area (Å²) in [6.45, 7) is 0. The molecule has 226 valence electrons. The standard InChI is InChI=1S/C44H30N4/c1-3-11-33-29(8-1)21-41-37(33)14-6-16-39(41)43-45-23-31(24-46-43)27-18-19-36-28(20-27)10-5-13-35(36)32-25-47-44(48-26-32)40-17-7-15-38-34-12-4-2-9-30(34)22-42(38)40/h1-3,5-11,13-20,23-26H,4,12,21-22H2. The monoisotopic (exact) mass is 614 g/mol. The lowest BCUT2D eigenvalue weighted by atomic mass is 9.96. The summed E-state index contributed by atoms with van der Waals surface area (Å²) in [6, 6.07) is 34.7. The van der Waals surface area contributed by atoms with Crippen LogP contribution in [0.2, 0.25) is 0 Å². The van der Waals surface area contributed by atoms with Crippen LogP contribution >= 0.6 is 0 Å². The van der Waals surface area contributed by atoms with Crippen LogP contribution in [0.25, 0.3) is 72.5 Å². The molecule has 0 spiro atoms. The van der Waals surface area contributed by atoms with Crippen LogP contribution in [-0.4, -0.2) is 19.9 Å². The molecule has 4 nitrogen and oxygen atoms in total. The fourth-order valence-electron chi connectivity index (χ4n) is 7.95. The van der Waals surface area contributed by atoms with E-state index in [1.807, 2.05) is 24.8 Å². The highest BCUT2D eigenvalue weighted by molar-refractivity contribution is 5.98. The zero-order valence-corrected chi connectivity index (χ0v) is 26.3. The number of nitrogens with zero attached hydrogens (tertiary/aromatic N) is 4. The summed E-state index contributed by atoms with van der Waals surface area (Å²) in [5.41, 5.74) is 17.4. The summed E-state index contributed by atoms with van der Waals surface area (Å²) < 4.78 is 0. The van der Waals surface area contributed by atoms with Crippen LogP contribution in [0.5, 0.6) is 0 Å². The molecule has 48 heavy (non-hydrogen) atoms. The fraction of sp³-hybridized carbons (Fsp3) is 0.0909. The van der Waals surface area contributed by atoms with E-state index in [9.17, 15) is 0 Å². The molecule has 0 saturated carbocycles. The maximum Gasteiger partial charge on any atom is 0.159 e. The second-order valence-electron chi connectivity index (χ2n) is 13.0. The molecule has 7 aromatic rings. The molecule has 4 heteroatoms. The number of allylic oxidation sites excluding steroid dienone is 4. The van der Waals surface area contributed by atoms with E-state index in [2.05, 4.69) is 109 Å². The highest BCUT2D eigenvalue weighted by atomic mass is 14.9. The summed E-state index contributed by atoms with van der Waals surface area (Å²) >= 11 is 0. The minimum atomic E-state index is 0.767. The summed E-state index contributed by atoms with van der Waals surface area (Å²) in [5.74, 6) is 1.55. The van der Waals surface area contributed by atoms with E-state index in [1.54, 1.807) is 0 Å². The average molecular weight is 615 g/mol. The molecule has 0 atom stereocenters. The number of rotatable bonds is 4. The normalized spacial score (nSPS) is 14.2. The van der Waals surface area contributed by atoms with Crippen LogP contribution in [0.15, 0.2) is 140 Å². The lowest BCUT2D eigenvalue weighted by molar-refractivity contribution is 1.04. The molecule has 3 aliphatic rings. The Morgan fingerprint density at radius 2 is 1.12 bits per heavy atom. The van der Waals surface area contributed by atoms with Crippen molar-refractivity contribution in [1.29, 1.82) is 0 Å². The zero-order chi connectivity index (χ0) is 31.6. The first-order valence-electron chi connectivity index (χ1n) is 16.7. The van der Waals surface area contributed by atoms with E-state index in [4.69, 9.17) is 19.9 Å². The molecular formula is C44H30N4. The van der Waals surface area contributed by atoms with Gasteiger partial charge in [0.25, 0.3) is 0 Å². The van der Waals surface area contributed by atoms with Gasteiger partial charge in [0, 0.05) is 47.0 Å². The predicted molar refractivity (Wildman–Crippen MR) is 194 cm³/mol. The molecule has 2 heterocycles. The molecule has 0 aliphatic heterocycles. The molecule has 10 rings (SSSR count). The van der Waals surface area contributed by atoms with E-state index < -0.39 is 0 Å². The van der Waals surface area contributed by atoms with Gasteiger partial charge in [0.05, 0.1) is 0 Å². The van der Waals surface area contributed by atoms with Crippen LogP contribution in [-0.2, 0) is 12.8 Å². The van der Waals surface area contributed by atoms with E-state index in [-0.39, 0.29) is 0 Å². The second kappa shape index (κ2) is 10.8. The number of aromatic nitrogens is 4. The van der Waals surface area contributed by atoms with Crippen molar-refractivity contribution < 1.29 is 0 Å². The molecule has 0 amide bonds. The molecule has 0 saturated heterocycles. The number of hydrogen-bond donors (Lipinski definition) is 0. The third kappa shape index (κ3) is 4.30. The molecule has 0 bridgehead atoms. The van der Waals surface area contributed by atoms with Crippen molar-refractivity contribution in [3.63, 3.8) is 0 Å². The van der Waals surface area contributed by atoms with Crippen molar-refractivity contribution in [3.8, 4) is 56.2 Å². The number of fused-ring (bicyclic) bond motifs is 6. The largest absolute Gasteiger partial charge is 0.236 e. The lowest BCUT2D eigenvalue weighted by Gasteiger charge is -2.12. The van der Waals surface area contributed by atoms with Gasteiger partial charge >= 0.3 is 0 Å². The first-order valence-corrected chi connectivity index (χ1v) is 16.7. The summed E-state index contributed by atoms with van der Waals surface area (Å²) in [5, 5.41) is 2.32. The van der Waals surface area contributed by atoms with Gasteiger partial charge < -0.3 is 0 Å². The summed E-state index contributed by atoms with van der Waals surface area (Å²) in [4.78, 5) is 19.5. The molecular weight excluding hydrogens is 585 g/mol. The minimum Gasteiger partial charge on any atom is -0.236 e. The Balaban J connectivity index is 0.937. The fourth-order valence-corrected chi connectivity index (χ4v) is 7.95. The van der Waals surface area contributed by atoms with E-state index >= 15 is 0 Å². The second-order valence-corrected chi connectivity index (χ2v) is 13.0. The highest BCUT2D eigenvalue weighted by Gasteiger charge is 2.25. The van der Waals surface area contributed by atoms with Crippen molar-refractivity contribution in [2.24, 2.45) is 0 Å². The Morgan fingerprint density at radius 1 is 0.479 bits per heavy atom. The number of benzene rings is 5. The Kier molecular flexibility index (Phi) is 6.10. The van der Waals surface area contributed by atoms with Crippen molar-refractivity contribution >= 4 is 16.3 Å². The number of hydrogen-bond acceptors (Lipinski definition) is 4. The Hall–Kier alpha value is -6.00. The van der Waals surface area contributed by atoms with Gasteiger partial charge in [0.2, 0.25) is 0 Å². The molecule has 3 aliphatic carbocycles. The van der Waals surface area contributed by atoms with E-state index in [0.29, 0.717) is 0 Å². The van der Waals surface area contributed by atoms with Gasteiger partial charge in [-0.1, -0.05) is 103 Å². The SMILES string of the molecule is C1=CC2=C(CC1)c1cccc(-c3ncc(-c4cccc5cc(-c6cnc(-c7cccc8c7Cc7ccccc7-8)nc6)ccc45)cn3)c1C2. The van der Waals surface area contributed by atoms with Crippen molar-refractivity contribution in [2.45, 2.75) is 25.7 Å². The van der Waals surface area contributed by atoms with Crippen molar-refractivity contribution in [1.82, 2.24) is 19.9 Å².